The van der Waals surface area contributed by atoms with Gasteiger partial charge in [-0.1, -0.05) is 38.5 Å². The highest BCUT2D eigenvalue weighted by molar-refractivity contribution is 8.14. The summed E-state index contributed by atoms with van der Waals surface area (Å²) in [4.78, 5) is 4.36. The summed E-state index contributed by atoms with van der Waals surface area (Å²) in [6.45, 7) is 4.41. The van der Waals surface area contributed by atoms with Crippen LogP contribution >= 0.6 is 11.8 Å². The number of hydrogen-bond donors (Lipinski definition) is 1. The standard InChI is InChI=1S/C8H16N2S/c1-3-4-5-7-6(2)11-8(9)10-7/h6-7H,3-5H2,1-2H3,(H2,9,10)/t6-,7-/m1/s1. The molecule has 0 saturated heterocycles. The molecule has 0 unspecified atom stereocenters. The van der Waals surface area contributed by atoms with E-state index in [1.54, 1.807) is 11.8 Å². The van der Waals surface area contributed by atoms with Gasteiger partial charge in [0.15, 0.2) is 5.17 Å². The van der Waals surface area contributed by atoms with Crippen molar-refractivity contribution in [1.82, 2.24) is 0 Å². The molecule has 0 spiro atoms. The maximum absolute atomic E-state index is 5.60. The molecular formula is C8H16N2S. The van der Waals surface area contributed by atoms with E-state index in [4.69, 9.17) is 5.73 Å². The molecule has 0 aromatic heterocycles. The number of nitrogens with zero attached hydrogens (tertiary/aromatic N) is 1. The molecular weight excluding hydrogens is 156 g/mol. The van der Waals surface area contributed by atoms with Crippen LogP contribution in [0.1, 0.15) is 33.1 Å². The second-order valence-corrected chi connectivity index (χ2v) is 4.40. The van der Waals surface area contributed by atoms with E-state index in [9.17, 15) is 0 Å². The van der Waals surface area contributed by atoms with Gasteiger partial charge in [0.1, 0.15) is 0 Å². The van der Waals surface area contributed by atoms with Gasteiger partial charge in [0.25, 0.3) is 0 Å². The number of aliphatic imine (C=N–C) groups is 1. The van der Waals surface area contributed by atoms with Crippen molar-refractivity contribution in [3.05, 3.63) is 0 Å². The lowest BCUT2D eigenvalue weighted by Gasteiger charge is -2.10. The average molecular weight is 172 g/mol. The molecule has 1 aliphatic heterocycles. The number of nitrogens with two attached hydrogens (primary N) is 1. The minimum Gasteiger partial charge on any atom is -0.379 e. The Morgan fingerprint density at radius 3 is 2.82 bits per heavy atom. The number of unbranched alkanes of at least 4 members (excludes halogenated alkanes) is 1. The first kappa shape index (κ1) is 8.91. The van der Waals surface area contributed by atoms with Crippen LogP contribution in [0.5, 0.6) is 0 Å². The Hall–Kier alpha value is -0.180. The first-order valence-electron chi connectivity index (χ1n) is 4.24. The molecule has 2 nitrogen and oxygen atoms in total. The van der Waals surface area contributed by atoms with E-state index in [1.165, 1.54) is 19.3 Å². The summed E-state index contributed by atoms with van der Waals surface area (Å²) >= 11 is 1.71. The number of thioether (sulfide) groups is 1. The van der Waals surface area contributed by atoms with Crippen molar-refractivity contribution in [3.8, 4) is 0 Å². The monoisotopic (exact) mass is 172 g/mol. The largest absolute Gasteiger partial charge is 0.379 e. The topological polar surface area (TPSA) is 38.4 Å². The summed E-state index contributed by atoms with van der Waals surface area (Å²) in [5.41, 5.74) is 5.60. The van der Waals surface area contributed by atoms with E-state index in [0.29, 0.717) is 11.3 Å². The number of amidine groups is 1. The van der Waals surface area contributed by atoms with Gasteiger partial charge in [-0.05, 0) is 6.42 Å². The molecule has 0 fully saturated rings. The second-order valence-electron chi connectivity index (χ2n) is 3.00. The Bertz CT molecular complexity index is 156. The van der Waals surface area contributed by atoms with E-state index in [2.05, 4.69) is 18.8 Å². The Kier molecular flexibility index (Phi) is 3.24. The zero-order valence-electron chi connectivity index (χ0n) is 7.21. The van der Waals surface area contributed by atoms with E-state index in [1.807, 2.05) is 0 Å². The lowest BCUT2D eigenvalue weighted by molar-refractivity contribution is 0.582. The Morgan fingerprint density at radius 2 is 2.36 bits per heavy atom. The minimum atomic E-state index is 0.486. The summed E-state index contributed by atoms with van der Waals surface area (Å²) in [5.74, 6) is 0. The van der Waals surface area contributed by atoms with Gasteiger partial charge < -0.3 is 5.73 Å². The first-order valence-corrected chi connectivity index (χ1v) is 5.12. The summed E-state index contributed by atoms with van der Waals surface area (Å²) in [5, 5.41) is 1.38. The molecule has 0 aromatic rings. The third kappa shape index (κ3) is 2.40. The van der Waals surface area contributed by atoms with Gasteiger partial charge in [0.05, 0.1) is 6.04 Å². The van der Waals surface area contributed by atoms with E-state index < -0.39 is 0 Å². The highest BCUT2D eigenvalue weighted by Gasteiger charge is 2.23. The average Bonchev–Trinajstić information content (AvgIpc) is 2.26. The quantitative estimate of drug-likeness (QED) is 0.707. The van der Waals surface area contributed by atoms with Crippen molar-refractivity contribution in [2.45, 2.75) is 44.4 Å². The molecule has 2 N–H and O–H groups in total. The summed E-state index contributed by atoms with van der Waals surface area (Å²) in [7, 11) is 0. The maximum atomic E-state index is 5.60. The smallest absolute Gasteiger partial charge is 0.154 e. The molecule has 64 valence electrons. The van der Waals surface area contributed by atoms with Crippen LogP contribution < -0.4 is 5.73 Å². The molecule has 11 heavy (non-hydrogen) atoms. The van der Waals surface area contributed by atoms with Gasteiger partial charge in [0.2, 0.25) is 0 Å². The fourth-order valence-electron chi connectivity index (χ4n) is 1.28. The SMILES string of the molecule is CCCC[C@H]1N=C(N)S[C@@H]1C. The Labute approximate surface area is 72.6 Å². The molecule has 1 heterocycles. The predicted octanol–water partition coefficient (Wildman–Crippen LogP) is 2.00. The molecule has 0 bridgehead atoms. The van der Waals surface area contributed by atoms with Crippen LogP contribution in [-0.4, -0.2) is 16.5 Å². The molecule has 0 radical (unpaired) electrons. The van der Waals surface area contributed by atoms with Crippen molar-refractivity contribution in [3.63, 3.8) is 0 Å². The normalized spacial score (nSPS) is 30.5. The fraction of sp³-hybridized carbons (Fsp3) is 0.875. The van der Waals surface area contributed by atoms with E-state index >= 15 is 0 Å². The highest BCUT2D eigenvalue weighted by atomic mass is 32.2. The Balaban J connectivity index is 2.33. The third-order valence-corrected chi connectivity index (χ3v) is 3.03. The van der Waals surface area contributed by atoms with Crippen LogP contribution in [0.2, 0.25) is 0 Å². The van der Waals surface area contributed by atoms with E-state index in [0.717, 1.165) is 5.17 Å². The van der Waals surface area contributed by atoms with Crippen LogP contribution in [0.4, 0.5) is 0 Å². The first-order chi connectivity index (χ1) is 5.24. The number of rotatable bonds is 3. The lowest BCUT2D eigenvalue weighted by atomic mass is 10.1. The van der Waals surface area contributed by atoms with Gasteiger partial charge >= 0.3 is 0 Å². The summed E-state index contributed by atoms with van der Waals surface area (Å²) in [6, 6.07) is 0.486. The van der Waals surface area contributed by atoms with Crippen molar-refractivity contribution in [2.24, 2.45) is 10.7 Å². The zero-order valence-corrected chi connectivity index (χ0v) is 8.03. The predicted molar refractivity (Wildman–Crippen MR) is 52.0 cm³/mol. The lowest BCUT2D eigenvalue weighted by Crippen LogP contribution is -2.12. The van der Waals surface area contributed by atoms with Crippen LogP contribution in [0.15, 0.2) is 4.99 Å². The van der Waals surface area contributed by atoms with Gasteiger partial charge in [0, 0.05) is 5.25 Å². The fourth-order valence-corrected chi connectivity index (χ4v) is 2.21. The van der Waals surface area contributed by atoms with Crippen LogP contribution in [0.3, 0.4) is 0 Å². The molecule has 1 aliphatic rings. The summed E-state index contributed by atoms with van der Waals surface area (Å²) < 4.78 is 0. The van der Waals surface area contributed by atoms with Gasteiger partial charge in [-0.25, -0.2) is 0 Å². The maximum Gasteiger partial charge on any atom is 0.154 e. The van der Waals surface area contributed by atoms with Crippen LogP contribution in [0, 0.1) is 0 Å². The number of hydrogen-bond acceptors (Lipinski definition) is 3. The second kappa shape index (κ2) is 4.00. The van der Waals surface area contributed by atoms with E-state index in [-0.39, 0.29) is 0 Å². The zero-order chi connectivity index (χ0) is 8.27. The van der Waals surface area contributed by atoms with Crippen LogP contribution in [0.25, 0.3) is 0 Å². The van der Waals surface area contributed by atoms with Gasteiger partial charge in [-0.2, -0.15) is 0 Å². The molecule has 3 heteroatoms. The Morgan fingerprint density at radius 1 is 1.64 bits per heavy atom. The highest BCUT2D eigenvalue weighted by Crippen LogP contribution is 2.27. The summed E-state index contributed by atoms with van der Waals surface area (Å²) in [6.07, 6.45) is 3.72. The molecule has 1 rings (SSSR count). The molecule has 0 amide bonds. The van der Waals surface area contributed by atoms with Crippen LogP contribution in [-0.2, 0) is 0 Å². The molecule has 0 aromatic carbocycles. The third-order valence-electron chi connectivity index (χ3n) is 2.00. The van der Waals surface area contributed by atoms with Gasteiger partial charge in [-0.3, -0.25) is 4.99 Å². The van der Waals surface area contributed by atoms with Gasteiger partial charge in [-0.15, -0.1) is 0 Å². The van der Waals surface area contributed by atoms with Crippen molar-refractivity contribution < 1.29 is 0 Å². The van der Waals surface area contributed by atoms with Crippen molar-refractivity contribution >= 4 is 16.9 Å². The minimum absolute atomic E-state index is 0.486. The van der Waals surface area contributed by atoms with Crippen molar-refractivity contribution in [2.75, 3.05) is 0 Å². The molecule has 0 saturated carbocycles. The molecule has 0 aliphatic carbocycles. The van der Waals surface area contributed by atoms with Crippen molar-refractivity contribution in [1.29, 1.82) is 0 Å². The molecule has 2 atom stereocenters.